The molecule has 0 saturated carbocycles. The third-order valence-electron chi connectivity index (χ3n) is 2.37. The molecule has 0 spiro atoms. The van der Waals surface area contributed by atoms with Gasteiger partial charge in [0.25, 0.3) is 0 Å². The summed E-state index contributed by atoms with van der Waals surface area (Å²) in [6.07, 6.45) is 4.70. The molecule has 0 radical (unpaired) electrons. The Labute approximate surface area is 99.8 Å². The van der Waals surface area contributed by atoms with Crippen molar-refractivity contribution in [2.75, 3.05) is 0 Å². The Balaban J connectivity index is 0.00000169. The summed E-state index contributed by atoms with van der Waals surface area (Å²) < 4.78 is 0.990. The van der Waals surface area contributed by atoms with Crippen molar-refractivity contribution in [1.29, 1.82) is 0 Å². The molecule has 80 valence electrons. The number of rotatable bonds is 3. The molecule has 1 rings (SSSR count). The van der Waals surface area contributed by atoms with E-state index in [9.17, 15) is 0 Å². The fourth-order valence-electron chi connectivity index (χ4n) is 1.19. The van der Waals surface area contributed by atoms with Crippen LogP contribution in [0, 0.1) is 5.92 Å². The quantitative estimate of drug-likeness (QED) is 0.922. The van der Waals surface area contributed by atoms with Crippen LogP contribution in [0.4, 0.5) is 0 Å². The van der Waals surface area contributed by atoms with E-state index in [-0.39, 0.29) is 18.4 Å². The first kappa shape index (κ1) is 13.9. The summed E-state index contributed by atoms with van der Waals surface area (Å²) in [4.78, 5) is 4.10. The summed E-state index contributed by atoms with van der Waals surface area (Å²) in [5.41, 5.74) is 7.16. The molecule has 4 heteroatoms. The SMILES string of the molecule is CCC(C)[C@@H](N)c1cncc(Br)c1.Cl. The van der Waals surface area contributed by atoms with E-state index in [0.717, 1.165) is 16.5 Å². The summed E-state index contributed by atoms with van der Waals surface area (Å²) >= 11 is 3.38. The molecule has 0 saturated heterocycles. The molecule has 1 aromatic heterocycles. The number of hydrogen-bond donors (Lipinski definition) is 1. The maximum Gasteiger partial charge on any atom is 0.0410 e. The maximum absolute atomic E-state index is 6.06. The summed E-state index contributed by atoms with van der Waals surface area (Å²) in [6.45, 7) is 4.31. The molecule has 14 heavy (non-hydrogen) atoms. The van der Waals surface area contributed by atoms with E-state index in [2.05, 4.69) is 34.8 Å². The second kappa shape index (κ2) is 6.38. The standard InChI is InChI=1S/C10H15BrN2.ClH/c1-3-7(2)10(12)8-4-9(11)6-13-5-8;/h4-7,10H,3,12H2,1-2H3;1H/t7?,10-;/m1./s1. The van der Waals surface area contributed by atoms with Gasteiger partial charge in [0, 0.05) is 22.9 Å². The van der Waals surface area contributed by atoms with Gasteiger partial charge in [-0.25, -0.2) is 0 Å². The van der Waals surface area contributed by atoms with Gasteiger partial charge in [-0.3, -0.25) is 4.98 Å². The summed E-state index contributed by atoms with van der Waals surface area (Å²) in [5.74, 6) is 0.496. The Hall–Kier alpha value is -0.120. The van der Waals surface area contributed by atoms with Crippen LogP contribution in [0.5, 0.6) is 0 Å². The van der Waals surface area contributed by atoms with Gasteiger partial charge in [0.05, 0.1) is 0 Å². The Morgan fingerprint density at radius 3 is 2.64 bits per heavy atom. The first-order valence-electron chi connectivity index (χ1n) is 4.51. The average molecular weight is 280 g/mol. The smallest absolute Gasteiger partial charge is 0.0410 e. The highest BCUT2D eigenvalue weighted by atomic mass is 79.9. The fraction of sp³-hybridized carbons (Fsp3) is 0.500. The van der Waals surface area contributed by atoms with Crippen molar-refractivity contribution in [2.24, 2.45) is 11.7 Å². The van der Waals surface area contributed by atoms with E-state index in [0.29, 0.717) is 5.92 Å². The molecule has 2 nitrogen and oxygen atoms in total. The zero-order valence-electron chi connectivity index (χ0n) is 8.40. The van der Waals surface area contributed by atoms with E-state index in [1.165, 1.54) is 0 Å². The Bertz CT molecular complexity index is 281. The number of nitrogens with zero attached hydrogens (tertiary/aromatic N) is 1. The summed E-state index contributed by atoms with van der Waals surface area (Å²) in [6, 6.07) is 2.12. The van der Waals surface area contributed by atoms with E-state index < -0.39 is 0 Å². The van der Waals surface area contributed by atoms with Crippen molar-refractivity contribution in [3.63, 3.8) is 0 Å². The molecule has 0 amide bonds. The van der Waals surface area contributed by atoms with E-state index in [1.807, 2.05) is 12.3 Å². The van der Waals surface area contributed by atoms with Crippen LogP contribution in [0.25, 0.3) is 0 Å². The zero-order valence-corrected chi connectivity index (χ0v) is 10.8. The molecule has 0 aromatic carbocycles. The van der Waals surface area contributed by atoms with Crippen molar-refractivity contribution < 1.29 is 0 Å². The van der Waals surface area contributed by atoms with Crippen LogP contribution < -0.4 is 5.73 Å². The third-order valence-corrected chi connectivity index (χ3v) is 2.80. The summed E-state index contributed by atoms with van der Waals surface area (Å²) in [5, 5.41) is 0. The van der Waals surface area contributed by atoms with Gasteiger partial charge >= 0.3 is 0 Å². The van der Waals surface area contributed by atoms with Crippen LogP contribution in [0.2, 0.25) is 0 Å². The first-order chi connectivity index (χ1) is 6.15. The van der Waals surface area contributed by atoms with Gasteiger partial charge < -0.3 is 5.73 Å². The van der Waals surface area contributed by atoms with Crippen LogP contribution in [-0.4, -0.2) is 4.98 Å². The number of pyridine rings is 1. The molecule has 1 unspecified atom stereocenters. The van der Waals surface area contributed by atoms with Crippen molar-refractivity contribution in [1.82, 2.24) is 4.98 Å². The molecule has 0 aliphatic heterocycles. The molecule has 0 fully saturated rings. The minimum Gasteiger partial charge on any atom is -0.324 e. The first-order valence-corrected chi connectivity index (χ1v) is 5.30. The molecule has 0 aliphatic carbocycles. The van der Waals surface area contributed by atoms with Crippen molar-refractivity contribution in [3.8, 4) is 0 Å². The van der Waals surface area contributed by atoms with Crippen molar-refractivity contribution in [3.05, 3.63) is 28.5 Å². The van der Waals surface area contributed by atoms with Gasteiger partial charge in [-0.2, -0.15) is 0 Å². The van der Waals surface area contributed by atoms with E-state index >= 15 is 0 Å². The monoisotopic (exact) mass is 278 g/mol. The number of aromatic nitrogens is 1. The zero-order chi connectivity index (χ0) is 9.84. The van der Waals surface area contributed by atoms with Gasteiger partial charge in [-0.15, -0.1) is 12.4 Å². The minimum atomic E-state index is 0. The molecule has 0 bridgehead atoms. The predicted molar refractivity (Wildman–Crippen MR) is 65.6 cm³/mol. The van der Waals surface area contributed by atoms with Crippen LogP contribution >= 0.6 is 28.3 Å². The average Bonchev–Trinajstić information content (AvgIpc) is 2.15. The number of halogens is 2. The highest BCUT2D eigenvalue weighted by Gasteiger charge is 2.13. The lowest BCUT2D eigenvalue weighted by atomic mass is 9.95. The van der Waals surface area contributed by atoms with Crippen LogP contribution in [0.3, 0.4) is 0 Å². The Kier molecular flexibility index (Phi) is 6.33. The molecule has 1 heterocycles. The highest BCUT2D eigenvalue weighted by molar-refractivity contribution is 9.10. The van der Waals surface area contributed by atoms with E-state index in [1.54, 1.807) is 6.20 Å². The normalized spacial score (nSPS) is 14.3. The third kappa shape index (κ3) is 3.56. The van der Waals surface area contributed by atoms with Gasteiger partial charge in [0.1, 0.15) is 0 Å². The number of hydrogen-bond acceptors (Lipinski definition) is 2. The second-order valence-corrected chi connectivity index (χ2v) is 4.26. The van der Waals surface area contributed by atoms with Gasteiger partial charge in [0.2, 0.25) is 0 Å². The topological polar surface area (TPSA) is 38.9 Å². The fourth-order valence-corrected chi connectivity index (χ4v) is 1.58. The van der Waals surface area contributed by atoms with Crippen molar-refractivity contribution in [2.45, 2.75) is 26.3 Å². The Morgan fingerprint density at radius 2 is 2.14 bits per heavy atom. The second-order valence-electron chi connectivity index (χ2n) is 3.35. The van der Waals surface area contributed by atoms with Crippen LogP contribution in [-0.2, 0) is 0 Å². The largest absolute Gasteiger partial charge is 0.324 e. The predicted octanol–water partition coefficient (Wildman–Crippen LogP) is 3.31. The van der Waals surface area contributed by atoms with E-state index in [4.69, 9.17) is 5.73 Å². The lowest BCUT2D eigenvalue weighted by molar-refractivity contribution is 0.456. The van der Waals surface area contributed by atoms with Gasteiger partial charge in [-0.05, 0) is 33.5 Å². The lowest BCUT2D eigenvalue weighted by Crippen LogP contribution is -2.18. The van der Waals surface area contributed by atoms with Crippen LogP contribution in [0.15, 0.2) is 22.9 Å². The molecule has 2 atom stereocenters. The molecule has 2 N–H and O–H groups in total. The Morgan fingerprint density at radius 1 is 1.50 bits per heavy atom. The summed E-state index contributed by atoms with van der Waals surface area (Å²) in [7, 11) is 0. The van der Waals surface area contributed by atoms with Gasteiger partial charge in [0.15, 0.2) is 0 Å². The lowest BCUT2D eigenvalue weighted by Gasteiger charge is -2.18. The number of nitrogens with two attached hydrogens (primary N) is 1. The highest BCUT2D eigenvalue weighted by Crippen LogP contribution is 2.22. The van der Waals surface area contributed by atoms with Gasteiger partial charge in [-0.1, -0.05) is 20.3 Å². The maximum atomic E-state index is 6.06. The van der Waals surface area contributed by atoms with Crippen molar-refractivity contribution >= 4 is 28.3 Å². The van der Waals surface area contributed by atoms with Crippen LogP contribution in [0.1, 0.15) is 31.9 Å². The molecule has 1 aromatic rings. The molecular formula is C10H16BrClN2. The minimum absolute atomic E-state index is 0. The molecular weight excluding hydrogens is 263 g/mol. The molecule has 0 aliphatic rings.